The summed E-state index contributed by atoms with van der Waals surface area (Å²) in [6.45, 7) is 2.91. The summed E-state index contributed by atoms with van der Waals surface area (Å²) in [5.41, 5.74) is 2.43. The summed E-state index contributed by atoms with van der Waals surface area (Å²) in [4.78, 5) is 17.3. The number of nitrogens with one attached hydrogen (secondary N) is 1. The molecular formula is C23H20Cl2N4O2S. The van der Waals surface area contributed by atoms with Gasteiger partial charge in [0.25, 0.3) is 0 Å². The zero-order chi connectivity index (χ0) is 22.5. The van der Waals surface area contributed by atoms with Gasteiger partial charge in [-0.05, 0) is 30.7 Å². The topological polar surface area (TPSA) is 69.0 Å². The van der Waals surface area contributed by atoms with E-state index in [1.165, 1.54) is 11.3 Å². The van der Waals surface area contributed by atoms with E-state index in [9.17, 15) is 4.79 Å². The van der Waals surface area contributed by atoms with Crippen molar-refractivity contribution in [2.45, 2.75) is 19.9 Å². The lowest BCUT2D eigenvalue weighted by Crippen LogP contribution is -2.18. The third-order valence-corrected chi connectivity index (χ3v) is 6.43. The molecule has 32 heavy (non-hydrogen) atoms. The summed E-state index contributed by atoms with van der Waals surface area (Å²) in [5.74, 6) is 1.17. The van der Waals surface area contributed by atoms with E-state index in [1.807, 2.05) is 48.7 Å². The number of amides is 1. The lowest BCUT2D eigenvalue weighted by molar-refractivity contribution is -0.115. The molecule has 2 aromatic carbocycles. The summed E-state index contributed by atoms with van der Waals surface area (Å²) in [7, 11) is 0. The maximum atomic E-state index is 12.7. The monoisotopic (exact) mass is 486 g/mol. The lowest BCUT2D eigenvalue weighted by Gasteiger charge is -2.10. The number of carbonyl (C=O) groups is 1. The van der Waals surface area contributed by atoms with Gasteiger partial charge < -0.3 is 10.1 Å². The molecule has 0 bridgehead atoms. The zero-order valence-corrected chi connectivity index (χ0v) is 19.5. The zero-order valence-electron chi connectivity index (χ0n) is 17.2. The largest absolute Gasteiger partial charge is 0.493 e. The Morgan fingerprint density at radius 2 is 2.00 bits per heavy atom. The first-order valence-corrected chi connectivity index (χ1v) is 11.6. The Labute approximate surface area is 199 Å². The number of benzene rings is 2. The van der Waals surface area contributed by atoms with Crippen molar-refractivity contribution < 1.29 is 9.53 Å². The Kier molecular flexibility index (Phi) is 7.09. The molecule has 4 rings (SSSR count). The number of rotatable bonds is 8. The Morgan fingerprint density at radius 1 is 1.16 bits per heavy atom. The van der Waals surface area contributed by atoms with Gasteiger partial charge in [0, 0.05) is 11.4 Å². The molecule has 1 N–H and O–H groups in total. The first-order valence-electron chi connectivity index (χ1n) is 9.96. The lowest BCUT2D eigenvalue weighted by atomic mass is 10.2. The van der Waals surface area contributed by atoms with Crippen LogP contribution >= 0.6 is 34.5 Å². The van der Waals surface area contributed by atoms with Gasteiger partial charge in [0.15, 0.2) is 0 Å². The van der Waals surface area contributed by atoms with Gasteiger partial charge in [-0.25, -0.2) is 9.67 Å². The molecule has 0 saturated carbocycles. The molecule has 0 fully saturated rings. The van der Waals surface area contributed by atoms with E-state index in [-0.39, 0.29) is 12.3 Å². The minimum Gasteiger partial charge on any atom is -0.493 e. The Hall–Kier alpha value is -2.87. The molecule has 0 spiro atoms. The molecule has 2 heterocycles. The van der Waals surface area contributed by atoms with E-state index in [4.69, 9.17) is 27.9 Å². The second kappa shape index (κ2) is 10.2. The van der Waals surface area contributed by atoms with Crippen LogP contribution in [-0.4, -0.2) is 27.3 Å². The van der Waals surface area contributed by atoms with Crippen molar-refractivity contribution in [3.05, 3.63) is 81.4 Å². The van der Waals surface area contributed by atoms with Crippen LogP contribution in [0.3, 0.4) is 0 Å². The van der Waals surface area contributed by atoms with E-state index in [2.05, 4.69) is 15.4 Å². The summed E-state index contributed by atoms with van der Waals surface area (Å²) < 4.78 is 7.36. The minimum absolute atomic E-state index is 0.149. The third-order valence-electron chi connectivity index (χ3n) is 4.65. The number of nitrogens with zero attached hydrogens (tertiary/aromatic N) is 3. The molecule has 0 radical (unpaired) electrons. The average molecular weight is 487 g/mol. The van der Waals surface area contributed by atoms with Gasteiger partial charge in [-0.3, -0.25) is 4.79 Å². The van der Waals surface area contributed by atoms with Crippen molar-refractivity contribution in [1.29, 1.82) is 0 Å². The highest BCUT2D eigenvalue weighted by atomic mass is 35.5. The second-order valence-electron chi connectivity index (χ2n) is 6.89. The molecular weight excluding hydrogens is 467 g/mol. The van der Waals surface area contributed by atoms with Crippen LogP contribution in [0.1, 0.15) is 18.2 Å². The number of thiazole rings is 1. The van der Waals surface area contributed by atoms with Crippen molar-refractivity contribution in [1.82, 2.24) is 14.8 Å². The first kappa shape index (κ1) is 22.3. The summed E-state index contributed by atoms with van der Waals surface area (Å²) in [6.07, 6.45) is 1.77. The van der Waals surface area contributed by atoms with Crippen LogP contribution in [0.2, 0.25) is 10.0 Å². The highest BCUT2D eigenvalue weighted by Gasteiger charge is 2.14. The van der Waals surface area contributed by atoms with Crippen molar-refractivity contribution in [2.75, 3.05) is 11.9 Å². The minimum atomic E-state index is -0.182. The van der Waals surface area contributed by atoms with Crippen LogP contribution in [0.15, 0.2) is 60.1 Å². The molecule has 1 amide bonds. The highest BCUT2D eigenvalue weighted by molar-refractivity contribution is 7.13. The predicted molar refractivity (Wildman–Crippen MR) is 129 cm³/mol. The number of hydrogen-bond donors (Lipinski definition) is 1. The standard InChI is InChI=1S/C23H20Cl2N4O2S/c1-2-31-19-9-4-3-7-17(19)23-27-16(14-32-23)12-21(30)28-20-10-11-26-29(20)13-15-6-5-8-18(24)22(15)25/h3-11,14H,2,12-13H2,1H3,(H,28,30). The molecule has 6 nitrogen and oxygen atoms in total. The number of para-hydroxylation sites is 1. The number of carbonyl (C=O) groups excluding carboxylic acids is 1. The van der Waals surface area contributed by atoms with Crippen LogP contribution < -0.4 is 10.1 Å². The first-order chi connectivity index (χ1) is 15.5. The third kappa shape index (κ3) is 5.12. The van der Waals surface area contributed by atoms with Gasteiger partial charge in [0.2, 0.25) is 5.91 Å². The summed E-state index contributed by atoms with van der Waals surface area (Å²) >= 11 is 13.9. The molecule has 0 saturated heterocycles. The van der Waals surface area contributed by atoms with E-state index in [0.29, 0.717) is 34.7 Å². The van der Waals surface area contributed by atoms with Gasteiger partial charge in [-0.15, -0.1) is 11.3 Å². The molecule has 9 heteroatoms. The SMILES string of the molecule is CCOc1ccccc1-c1nc(CC(=O)Nc2ccnn2Cc2cccc(Cl)c2Cl)cs1. The van der Waals surface area contributed by atoms with Crippen LogP contribution in [0.5, 0.6) is 5.75 Å². The smallest absolute Gasteiger partial charge is 0.231 e. The average Bonchev–Trinajstić information content (AvgIpc) is 3.42. The number of halogens is 2. The Morgan fingerprint density at radius 3 is 2.84 bits per heavy atom. The van der Waals surface area contributed by atoms with Gasteiger partial charge in [-0.1, -0.05) is 47.5 Å². The highest BCUT2D eigenvalue weighted by Crippen LogP contribution is 2.32. The molecule has 2 aromatic heterocycles. The number of aromatic nitrogens is 3. The molecule has 0 aliphatic carbocycles. The summed E-state index contributed by atoms with van der Waals surface area (Å²) in [6, 6.07) is 14.9. The number of ether oxygens (including phenoxy) is 1. The van der Waals surface area contributed by atoms with Crippen LogP contribution in [0.4, 0.5) is 5.82 Å². The van der Waals surface area contributed by atoms with Gasteiger partial charge in [0.05, 0.1) is 47.1 Å². The quantitative estimate of drug-likeness (QED) is 0.334. The molecule has 0 aliphatic heterocycles. The van der Waals surface area contributed by atoms with Crippen molar-refractivity contribution in [2.24, 2.45) is 0 Å². The van der Waals surface area contributed by atoms with Crippen molar-refractivity contribution in [3.8, 4) is 16.3 Å². The second-order valence-corrected chi connectivity index (χ2v) is 8.53. The van der Waals surface area contributed by atoms with Crippen LogP contribution in [0, 0.1) is 0 Å². The van der Waals surface area contributed by atoms with E-state index in [1.54, 1.807) is 23.0 Å². The number of hydrogen-bond acceptors (Lipinski definition) is 5. The van der Waals surface area contributed by atoms with Gasteiger partial charge in [0.1, 0.15) is 16.6 Å². The molecule has 0 atom stereocenters. The molecule has 0 unspecified atom stereocenters. The van der Waals surface area contributed by atoms with Gasteiger partial charge in [-0.2, -0.15) is 5.10 Å². The molecule has 0 aliphatic rings. The Bertz CT molecular complexity index is 1240. The van der Waals surface area contributed by atoms with Crippen molar-refractivity contribution in [3.63, 3.8) is 0 Å². The summed E-state index contributed by atoms with van der Waals surface area (Å²) in [5, 5.41) is 10.8. The van der Waals surface area contributed by atoms with E-state index < -0.39 is 0 Å². The predicted octanol–water partition coefficient (Wildman–Crippen LogP) is 5.94. The molecule has 4 aromatic rings. The van der Waals surface area contributed by atoms with Crippen LogP contribution in [-0.2, 0) is 17.8 Å². The van der Waals surface area contributed by atoms with Gasteiger partial charge >= 0.3 is 0 Å². The molecule has 164 valence electrons. The Balaban J connectivity index is 1.44. The fourth-order valence-electron chi connectivity index (χ4n) is 3.18. The van der Waals surface area contributed by atoms with Crippen molar-refractivity contribution >= 4 is 46.3 Å². The van der Waals surface area contributed by atoms with E-state index in [0.717, 1.165) is 21.9 Å². The van der Waals surface area contributed by atoms with Crippen LogP contribution in [0.25, 0.3) is 10.6 Å². The normalized spacial score (nSPS) is 10.8. The maximum absolute atomic E-state index is 12.7. The fourth-order valence-corrected chi connectivity index (χ4v) is 4.41. The maximum Gasteiger partial charge on any atom is 0.231 e. The number of anilines is 1. The van der Waals surface area contributed by atoms with E-state index >= 15 is 0 Å². The fraction of sp³-hybridized carbons (Fsp3) is 0.174.